The fourth-order valence-electron chi connectivity index (χ4n) is 8.16. The molecule has 2 nitrogen and oxygen atoms in total. The number of para-hydroxylation sites is 2. The van der Waals surface area contributed by atoms with Gasteiger partial charge in [-0.25, -0.2) is 0 Å². The van der Waals surface area contributed by atoms with Crippen molar-refractivity contribution >= 4 is 38.9 Å². The summed E-state index contributed by atoms with van der Waals surface area (Å²) >= 11 is 0. The Kier molecular flexibility index (Phi) is 8.55. The first-order chi connectivity index (χ1) is 27.8. The number of hydrogen-bond donors (Lipinski definition) is 0. The number of aromatic nitrogens is 1. The Hall–Kier alpha value is -7.42. The van der Waals surface area contributed by atoms with Crippen LogP contribution in [0, 0.1) is 0 Å². The number of nitrogens with zero attached hydrogens (tertiary/aromatic N) is 2. The molecule has 0 aliphatic carbocycles. The quantitative estimate of drug-likeness (QED) is 0.152. The Morgan fingerprint density at radius 1 is 0.304 bits per heavy atom. The van der Waals surface area contributed by atoms with Gasteiger partial charge in [-0.3, -0.25) is 0 Å². The smallest absolute Gasteiger partial charge is 0.0562 e. The second-order valence-electron chi connectivity index (χ2n) is 14.1. The van der Waals surface area contributed by atoms with Crippen molar-refractivity contribution < 1.29 is 0 Å². The number of hydrogen-bond acceptors (Lipinski definition) is 1. The van der Waals surface area contributed by atoms with E-state index in [0.717, 1.165) is 22.7 Å². The molecule has 0 aliphatic rings. The highest BCUT2D eigenvalue weighted by Gasteiger charge is 2.21. The number of benzene rings is 9. The highest BCUT2D eigenvalue weighted by molar-refractivity contribution is 6.16. The monoisotopic (exact) mass is 714 g/mol. The summed E-state index contributed by atoms with van der Waals surface area (Å²) in [5, 5.41) is 2.43. The predicted molar refractivity (Wildman–Crippen MR) is 237 cm³/mol. The largest absolute Gasteiger partial charge is 0.310 e. The SMILES string of the molecule is c1ccc(-c2ccc(N(c3ccc(-c4ccc(-c5ccccc5)c(-c5ccccc5)c4)cc3)c3cccc4c3c3ccccc3n4-c3ccccc3)cc2)cc1. The van der Waals surface area contributed by atoms with E-state index in [1.165, 1.54) is 66.3 Å². The van der Waals surface area contributed by atoms with E-state index in [2.05, 4.69) is 240 Å². The topological polar surface area (TPSA) is 8.17 Å². The number of fused-ring (bicyclic) bond motifs is 3. The molecule has 0 N–H and O–H groups in total. The predicted octanol–water partition coefficient (Wildman–Crippen LogP) is 14.9. The lowest BCUT2D eigenvalue weighted by Gasteiger charge is -2.27. The molecule has 0 atom stereocenters. The minimum Gasteiger partial charge on any atom is -0.310 e. The van der Waals surface area contributed by atoms with Gasteiger partial charge in [0, 0.05) is 27.8 Å². The lowest BCUT2D eigenvalue weighted by Crippen LogP contribution is -2.10. The second-order valence-corrected chi connectivity index (χ2v) is 14.1. The fourth-order valence-corrected chi connectivity index (χ4v) is 8.16. The third kappa shape index (κ3) is 6.04. The third-order valence-electron chi connectivity index (χ3n) is 10.8. The standard InChI is InChI=1S/C54H38N2/c1-5-16-39(17-6-1)40-28-33-46(34-29-40)55(52-26-15-27-53-54(52)49-24-13-14-25-51(49)56(53)45-22-11-4-12-23-45)47-35-30-41(31-36-47)44-32-37-48(42-18-7-2-8-19-42)50(38-44)43-20-9-3-10-21-43/h1-38H. The molecule has 1 heterocycles. The van der Waals surface area contributed by atoms with Crippen molar-refractivity contribution in [1.82, 2.24) is 4.57 Å². The maximum Gasteiger partial charge on any atom is 0.0562 e. The zero-order valence-corrected chi connectivity index (χ0v) is 30.8. The lowest BCUT2D eigenvalue weighted by molar-refractivity contribution is 1.18. The molecule has 9 aromatic carbocycles. The van der Waals surface area contributed by atoms with Crippen LogP contribution in [0.2, 0.25) is 0 Å². The summed E-state index contributed by atoms with van der Waals surface area (Å²) < 4.78 is 2.39. The fraction of sp³-hybridized carbons (Fsp3) is 0. The average Bonchev–Trinajstić information content (AvgIpc) is 3.63. The number of anilines is 3. The molecule has 0 amide bonds. The van der Waals surface area contributed by atoms with Crippen LogP contribution in [0.25, 0.3) is 72.0 Å². The van der Waals surface area contributed by atoms with Gasteiger partial charge in [0.25, 0.3) is 0 Å². The molecule has 0 radical (unpaired) electrons. The van der Waals surface area contributed by atoms with Gasteiger partial charge >= 0.3 is 0 Å². The van der Waals surface area contributed by atoms with Crippen molar-refractivity contribution in [3.63, 3.8) is 0 Å². The van der Waals surface area contributed by atoms with E-state index in [-0.39, 0.29) is 0 Å². The van der Waals surface area contributed by atoms with Crippen molar-refractivity contribution in [3.8, 4) is 50.2 Å². The highest BCUT2D eigenvalue weighted by Crippen LogP contribution is 2.45. The molecule has 0 aliphatic heterocycles. The molecule has 0 bridgehead atoms. The van der Waals surface area contributed by atoms with Crippen LogP contribution < -0.4 is 4.90 Å². The van der Waals surface area contributed by atoms with Crippen LogP contribution in [0.3, 0.4) is 0 Å². The Morgan fingerprint density at radius 2 is 0.768 bits per heavy atom. The Balaban J connectivity index is 1.13. The zero-order chi connectivity index (χ0) is 37.3. The molecule has 0 unspecified atom stereocenters. The van der Waals surface area contributed by atoms with Gasteiger partial charge in [0.2, 0.25) is 0 Å². The van der Waals surface area contributed by atoms with E-state index in [1.807, 2.05) is 0 Å². The minimum absolute atomic E-state index is 1.09. The van der Waals surface area contributed by atoms with Crippen molar-refractivity contribution in [2.45, 2.75) is 0 Å². The lowest BCUT2D eigenvalue weighted by atomic mass is 9.91. The molecule has 0 saturated carbocycles. The van der Waals surface area contributed by atoms with Gasteiger partial charge in [0.1, 0.15) is 0 Å². The summed E-state index contributed by atoms with van der Waals surface area (Å²) in [6.07, 6.45) is 0. The summed E-state index contributed by atoms with van der Waals surface area (Å²) in [6.45, 7) is 0. The molecule has 10 aromatic rings. The van der Waals surface area contributed by atoms with E-state index in [4.69, 9.17) is 0 Å². The Morgan fingerprint density at radius 3 is 1.39 bits per heavy atom. The molecular weight excluding hydrogens is 677 g/mol. The molecule has 0 spiro atoms. The van der Waals surface area contributed by atoms with Gasteiger partial charge in [-0.05, 0) is 105 Å². The van der Waals surface area contributed by atoms with Crippen molar-refractivity contribution in [2.24, 2.45) is 0 Å². The summed E-state index contributed by atoms with van der Waals surface area (Å²) in [7, 11) is 0. The van der Waals surface area contributed by atoms with Crippen LogP contribution in [0.1, 0.15) is 0 Å². The highest BCUT2D eigenvalue weighted by atomic mass is 15.1. The van der Waals surface area contributed by atoms with Gasteiger partial charge in [-0.15, -0.1) is 0 Å². The average molecular weight is 715 g/mol. The van der Waals surface area contributed by atoms with Gasteiger partial charge in [0.15, 0.2) is 0 Å². The van der Waals surface area contributed by atoms with Crippen molar-refractivity contribution in [3.05, 3.63) is 231 Å². The Labute approximate surface area is 327 Å². The molecule has 1 aromatic heterocycles. The molecule has 10 rings (SSSR count). The normalized spacial score (nSPS) is 11.2. The summed E-state index contributed by atoms with van der Waals surface area (Å²) in [5.41, 5.74) is 16.4. The van der Waals surface area contributed by atoms with Crippen LogP contribution in [0.15, 0.2) is 231 Å². The van der Waals surface area contributed by atoms with Crippen LogP contribution in [0.5, 0.6) is 0 Å². The molecule has 56 heavy (non-hydrogen) atoms. The van der Waals surface area contributed by atoms with E-state index < -0.39 is 0 Å². The first kappa shape index (κ1) is 33.2. The first-order valence-corrected chi connectivity index (χ1v) is 19.2. The molecule has 264 valence electrons. The second kappa shape index (κ2) is 14.4. The maximum atomic E-state index is 2.41. The van der Waals surface area contributed by atoms with Gasteiger partial charge in [0.05, 0.1) is 16.7 Å². The Bertz CT molecular complexity index is 2910. The van der Waals surface area contributed by atoms with E-state index in [0.29, 0.717) is 0 Å². The van der Waals surface area contributed by atoms with Crippen LogP contribution in [0.4, 0.5) is 17.1 Å². The van der Waals surface area contributed by atoms with Gasteiger partial charge in [-0.1, -0.05) is 170 Å². The van der Waals surface area contributed by atoms with E-state index >= 15 is 0 Å². The van der Waals surface area contributed by atoms with Gasteiger partial charge < -0.3 is 9.47 Å². The maximum absolute atomic E-state index is 2.41. The van der Waals surface area contributed by atoms with Gasteiger partial charge in [-0.2, -0.15) is 0 Å². The van der Waals surface area contributed by atoms with E-state index in [9.17, 15) is 0 Å². The molecule has 0 fully saturated rings. The van der Waals surface area contributed by atoms with Crippen LogP contribution >= 0.6 is 0 Å². The van der Waals surface area contributed by atoms with Crippen LogP contribution in [-0.2, 0) is 0 Å². The zero-order valence-electron chi connectivity index (χ0n) is 30.8. The summed E-state index contributed by atoms with van der Waals surface area (Å²) in [5.74, 6) is 0. The molecule has 0 saturated heterocycles. The van der Waals surface area contributed by atoms with Crippen molar-refractivity contribution in [2.75, 3.05) is 4.90 Å². The minimum atomic E-state index is 1.09. The van der Waals surface area contributed by atoms with Crippen molar-refractivity contribution in [1.29, 1.82) is 0 Å². The summed E-state index contributed by atoms with van der Waals surface area (Å²) in [4.78, 5) is 2.41. The third-order valence-corrected chi connectivity index (χ3v) is 10.8. The molecule has 2 heteroatoms. The summed E-state index contributed by atoms with van der Waals surface area (Å²) in [6, 6.07) is 83.0. The first-order valence-electron chi connectivity index (χ1n) is 19.2. The number of rotatable bonds is 8. The van der Waals surface area contributed by atoms with Crippen LogP contribution in [-0.4, -0.2) is 4.57 Å². The van der Waals surface area contributed by atoms with E-state index in [1.54, 1.807) is 0 Å². The molecular formula is C54H38N2.